The number of rotatable bonds is 10. The number of carbonyl (C=O) groups is 3. The fourth-order valence-electron chi connectivity index (χ4n) is 3.35. The van der Waals surface area contributed by atoms with Crippen molar-refractivity contribution in [2.75, 3.05) is 13.7 Å². The Kier molecular flexibility index (Phi) is 8.90. The molecule has 0 aliphatic carbocycles. The lowest BCUT2D eigenvalue weighted by Gasteiger charge is -2.23. The minimum atomic E-state index is -1.25. The van der Waals surface area contributed by atoms with Crippen LogP contribution in [0.15, 0.2) is 24.4 Å². The maximum Gasteiger partial charge on any atom is 0.306 e. The summed E-state index contributed by atoms with van der Waals surface area (Å²) in [5.41, 5.74) is 0.0968. The van der Waals surface area contributed by atoms with Gasteiger partial charge in [0.1, 0.15) is 18.3 Å². The SMILES string of the molecule is COC(=O)CC(C)(C)CC(=O)NC[C@@H]1O[C@@H](CC(=O)NCc2ccccn2)[C@@H](O)[C@@H]1O. The van der Waals surface area contributed by atoms with Crippen molar-refractivity contribution in [2.45, 2.75) is 64.1 Å². The summed E-state index contributed by atoms with van der Waals surface area (Å²) in [6, 6.07) is 5.36. The summed E-state index contributed by atoms with van der Waals surface area (Å²) in [4.78, 5) is 39.9. The van der Waals surface area contributed by atoms with E-state index in [2.05, 4.69) is 20.4 Å². The number of hydrogen-bond acceptors (Lipinski definition) is 8. The van der Waals surface area contributed by atoms with Gasteiger partial charge in [0, 0.05) is 19.2 Å². The van der Waals surface area contributed by atoms with Gasteiger partial charge in [0.25, 0.3) is 0 Å². The Labute approximate surface area is 181 Å². The number of esters is 1. The number of nitrogens with zero attached hydrogens (tertiary/aromatic N) is 1. The second-order valence-corrected chi connectivity index (χ2v) is 8.39. The maximum absolute atomic E-state index is 12.2. The molecule has 1 aliphatic heterocycles. The summed E-state index contributed by atoms with van der Waals surface area (Å²) < 4.78 is 10.2. The summed E-state index contributed by atoms with van der Waals surface area (Å²) in [7, 11) is 1.29. The third-order valence-corrected chi connectivity index (χ3v) is 5.03. The Bertz CT molecular complexity index is 757. The van der Waals surface area contributed by atoms with E-state index in [1.54, 1.807) is 32.2 Å². The van der Waals surface area contributed by atoms with E-state index in [1.165, 1.54) is 7.11 Å². The normalized spacial score (nSPS) is 23.3. The number of amides is 2. The fourth-order valence-corrected chi connectivity index (χ4v) is 3.35. The zero-order chi connectivity index (χ0) is 23.0. The van der Waals surface area contributed by atoms with Gasteiger partial charge in [0.2, 0.25) is 11.8 Å². The van der Waals surface area contributed by atoms with Gasteiger partial charge in [-0.05, 0) is 17.5 Å². The predicted octanol–water partition coefficient (Wildman–Crippen LogP) is -0.327. The third kappa shape index (κ3) is 7.89. The van der Waals surface area contributed by atoms with Crippen molar-refractivity contribution < 1.29 is 34.1 Å². The second kappa shape index (κ2) is 11.2. The van der Waals surface area contributed by atoms with Crippen LogP contribution >= 0.6 is 0 Å². The van der Waals surface area contributed by atoms with Crippen LogP contribution in [0, 0.1) is 5.41 Å². The molecule has 31 heavy (non-hydrogen) atoms. The summed E-state index contributed by atoms with van der Waals surface area (Å²) in [5, 5.41) is 25.8. The molecule has 0 aromatic carbocycles. The Morgan fingerprint density at radius 3 is 2.45 bits per heavy atom. The molecule has 2 heterocycles. The van der Waals surface area contributed by atoms with Crippen LogP contribution in [-0.4, -0.2) is 71.1 Å². The number of hydrogen-bond donors (Lipinski definition) is 4. The summed E-state index contributed by atoms with van der Waals surface area (Å²) in [6.45, 7) is 3.75. The molecule has 1 fully saturated rings. The number of carbonyl (C=O) groups excluding carboxylic acids is 3. The summed E-state index contributed by atoms with van der Waals surface area (Å²) >= 11 is 0. The summed E-state index contributed by atoms with van der Waals surface area (Å²) in [5.74, 6) is -1.08. The van der Waals surface area contributed by atoms with E-state index in [-0.39, 0.29) is 44.2 Å². The molecule has 1 saturated heterocycles. The molecule has 0 radical (unpaired) electrons. The number of aliphatic hydroxyl groups excluding tert-OH is 2. The fraction of sp³-hybridized carbons (Fsp3) is 0.619. The molecule has 10 heteroatoms. The highest BCUT2D eigenvalue weighted by Gasteiger charge is 2.43. The van der Waals surface area contributed by atoms with Crippen LogP contribution in [0.4, 0.5) is 0 Å². The van der Waals surface area contributed by atoms with E-state index in [9.17, 15) is 24.6 Å². The zero-order valence-electron chi connectivity index (χ0n) is 18.0. The number of methoxy groups -OCH3 is 1. The predicted molar refractivity (Wildman–Crippen MR) is 109 cm³/mol. The first-order valence-electron chi connectivity index (χ1n) is 10.1. The van der Waals surface area contributed by atoms with E-state index in [0.717, 1.165) is 0 Å². The quantitative estimate of drug-likeness (QED) is 0.364. The Morgan fingerprint density at radius 2 is 1.81 bits per heavy atom. The van der Waals surface area contributed by atoms with Crippen molar-refractivity contribution in [3.63, 3.8) is 0 Å². The van der Waals surface area contributed by atoms with Gasteiger partial charge in [0.15, 0.2) is 0 Å². The molecule has 172 valence electrons. The van der Waals surface area contributed by atoms with Gasteiger partial charge in [-0.1, -0.05) is 19.9 Å². The minimum absolute atomic E-state index is 0.0303. The zero-order valence-corrected chi connectivity index (χ0v) is 18.0. The molecular formula is C21H31N3O7. The molecule has 2 rings (SSSR count). The molecule has 10 nitrogen and oxygen atoms in total. The number of nitrogens with one attached hydrogen (secondary N) is 2. The van der Waals surface area contributed by atoms with Crippen LogP contribution < -0.4 is 10.6 Å². The molecule has 1 aliphatic rings. The lowest BCUT2D eigenvalue weighted by molar-refractivity contribution is -0.143. The van der Waals surface area contributed by atoms with E-state index >= 15 is 0 Å². The highest BCUT2D eigenvalue weighted by molar-refractivity contribution is 5.78. The minimum Gasteiger partial charge on any atom is -0.469 e. The van der Waals surface area contributed by atoms with Gasteiger partial charge in [-0.3, -0.25) is 19.4 Å². The topological polar surface area (TPSA) is 147 Å². The van der Waals surface area contributed by atoms with Crippen LogP contribution in [-0.2, 0) is 30.4 Å². The first-order chi connectivity index (χ1) is 14.6. The van der Waals surface area contributed by atoms with Crippen molar-refractivity contribution in [1.29, 1.82) is 0 Å². The van der Waals surface area contributed by atoms with E-state index in [4.69, 9.17) is 4.74 Å². The van der Waals surface area contributed by atoms with Gasteiger partial charge < -0.3 is 30.3 Å². The highest BCUT2D eigenvalue weighted by atomic mass is 16.5. The molecule has 4 atom stereocenters. The van der Waals surface area contributed by atoms with Crippen LogP contribution in [0.1, 0.15) is 38.8 Å². The molecule has 4 N–H and O–H groups in total. The molecule has 0 unspecified atom stereocenters. The standard InChI is InChI=1S/C21H31N3O7/c1-21(2,10-18(27)30-3)9-17(26)24-12-15-20(29)19(28)14(31-15)8-16(25)23-11-13-6-4-5-7-22-13/h4-7,14-15,19-20,28-29H,8-12H2,1-3H3,(H,23,25)(H,24,26)/t14-,15-,19+,20+/m0/s1. The Morgan fingerprint density at radius 1 is 1.10 bits per heavy atom. The van der Waals surface area contributed by atoms with Crippen molar-refractivity contribution in [1.82, 2.24) is 15.6 Å². The molecular weight excluding hydrogens is 406 g/mol. The smallest absolute Gasteiger partial charge is 0.306 e. The molecule has 0 saturated carbocycles. The summed E-state index contributed by atoms with van der Waals surface area (Å²) in [6.07, 6.45) is -2.58. The van der Waals surface area contributed by atoms with E-state index in [0.29, 0.717) is 5.69 Å². The van der Waals surface area contributed by atoms with Gasteiger partial charge in [0.05, 0.1) is 38.3 Å². The number of pyridine rings is 1. The molecule has 1 aromatic rings. The van der Waals surface area contributed by atoms with Crippen LogP contribution in [0.2, 0.25) is 0 Å². The number of ether oxygens (including phenoxy) is 2. The van der Waals surface area contributed by atoms with Gasteiger partial charge in [-0.25, -0.2) is 0 Å². The van der Waals surface area contributed by atoms with Crippen LogP contribution in [0.3, 0.4) is 0 Å². The molecule has 0 bridgehead atoms. The second-order valence-electron chi connectivity index (χ2n) is 8.39. The van der Waals surface area contributed by atoms with E-state index < -0.39 is 35.8 Å². The first-order valence-corrected chi connectivity index (χ1v) is 10.1. The lowest BCUT2D eigenvalue weighted by atomic mass is 9.85. The number of aliphatic hydroxyl groups is 2. The number of aromatic nitrogens is 1. The van der Waals surface area contributed by atoms with Crippen molar-refractivity contribution in [2.24, 2.45) is 5.41 Å². The third-order valence-electron chi connectivity index (χ3n) is 5.03. The monoisotopic (exact) mass is 437 g/mol. The van der Waals surface area contributed by atoms with E-state index in [1.807, 2.05) is 6.07 Å². The maximum atomic E-state index is 12.2. The molecule has 1 aromatic heterocycles. The Balaban J connectivity index is 1.77. The van der Waals surface area contributed by atoms with Crippen molar-refractivity contribution >= 4 is 17.8 Å². The lowest BCUT2D eigenvalue weighted by Crippen LogP contribution is -2.41. The largest absolute Gasteiger partial charge is 0.469 e. The van der Waals surface area contributed by atoms with Gasteiger partial charge in [-0.2, -0.15) is 0 Å². The average molecular weight is 437 g/mol. The first kappa shape index (κ1) is 24.7. The van der Waals surface area contributed by atoms with Crippen LogP contribution in [0.25, 0.3) is 0 Å². The van der Waals surface area contributed by atoms with Gasteiger partial charge in [-0.15, -0.1) is 0 Å². The van der Waals surface area contributed by atoms with Gasteiger partial charge >= 0.3 is 5.97 Å². The Hall–Kier alpha value is -2.56. The highest BCUT2D eigenvalue weighted by Crippen LogP contribution is 2.26. The molecule has 2 amide bonds. The van der Waals surface area contributed by atoms with Crippen LogP contribution in [0.5, 0.6) is 0 Å². The average Bonchev–Trinajstić information content (AvgIpc) is 2.98. The molecule has 0 spiro atoms. The van der Waals surface area contributed by atoms with Crippen molar-refractivity contribution in [3.8, 4) is 0 Å². The van der Waals surface area contributed by atoms with Crippen molar-refractivity contribution in [3.05, 3.63) is 30.1 Å².